The lowest BCUT2D eigenvalue weighted by Crippen LogP contribution is -2.24. The molecule has 2 N–H and O–H groups in total. The van der Waals surface area contributed by atoms with E-state index < -0.39 is 10.0 Å². The Morgan fingerprint density at radius 1 is 1.37 bits per heavy atom. The summed E-state index contributed by atoms with van der Waals surface area (Å²) in [6.45, 7) is 1.70. The molecule has 0 spiro atoms. The molecule has 2 aromatic heterocycles. The van der Waals surface area contributed by atoms with Gasteiger partial charge in [-0.25, -0.2) is 13.1 Å². The molecule has 19 heavy (non-hydrogen) atoms. The molecule has 0 aliphatic carbocycles. The van der Waals surface area contributed by atoms with E-state index >= 15 is 0 Å². The maximum absolute atomic E-state index is 12.3. The van der Waals surface area contributed by atoms with E-state index in [1.54, 1.807) is 12.3 Å². The molecule has 0 aromatic carbocycles. The van der Waals surface area contributed by atoms with Gasteiger partial charge in [-0.05, 0) is 45.2 Å². The first-order valence-electron chi connectivity index (χ1n) is 5.35. The lowest BCUT2D eigenvalue weighted by atomic mass is 10.3. The van der Waals surface area contributed by atoms with Crippen LogP contribution in [0.3, 0.4) is 0 Å². The number of thiophene rings is 2. The number of sulfonamides is 1. The third-order valence-electron chi connectivity index (χ3n) is 2.52. The number of hydrogen-bond donors (Lipinski definition) is 2. The molecular weight excluding hydrogens is 370 g/mol. The zero-order valence-electron chi connectivity index (χ0n) is 10.0. The van der Waals surface area contributed by atoms with Gasteiger partial charge in [0.25, 0.3) is 0 Å². The van der Waals surface area contributed by atoms with Crippen LogP contribution in [0, 0.1) is 6.92 Å². The van der Waals surface area contributed by atoms with Gasteiger partial charge < -0.3 is 5.11 Å². The Kier molecular flexibility index (Phi) is 4.80. The van der Waals surface area contributed by atoms with Crippen molar-refractivity contribution in [2.45, 2.75) is 25.0 Å². The quantitative estimate of drug-likeness (QED) is 0.836. The Balaban J connectivity index is 2.23. The highest BCUT2D eigenvalue weighted by atomic mass is 79.9. The number of halogens is 1. The Labute approximate surface area is 128 Å². The maximum Gasteiger partial charge on any atom is 0.242 e. The fourth-order valence-electron chi connectivity index (χ4n) is 1.64. The third kappa shape index (κ3) is 3.26. The van der Waals surface area contributed by atoms with E-state index in [1.807, 2.05) is 11.4 Å². The standard InChI is InChI=1S/C11H12BrNO3S3/c1-7-6-18-10(5-14)11(7)19(15,16)13-4-9-8(12)2-3-17-9/h2-3,6,13-14H,4-5H2,1H3. The minimum absolute atomic E-state index is 0.202. The van der Waals surface area contributed by atoms with Gasteiger partial charge in [-0.3, -0.25) is 0 Å². The Hall–Kier alpha value is -0.250. The molecule has 0 fully saturated rings. The Bertz CT molecular complexity index is 675. The van der Waals surface area contributed by atoms with Crippen molar-refractivity contribution in [2.24, 2.45) is 0 Å². The van der Waals surface area contributed by atoms with Crippen LogP contribution in [0.25, 0.3) is 0 Å². The number of aliphatic hydroxyl groups excluding tert-OH is 1. The van der Waals surface area contributed by atoms with E-state index in [2.05, 4.69) is 20.7 Å². The first kappa shape index (κ1) is 15.1. The summed E-state index contributed by atoms with van der Waals surface area (Å²) in [4.78, 5) is 1.59. The molecule has 4 nitrogen and oxygen atoms in total. The topological polar surface area (TPSA) is 66.4 Å². The smallest absolute Gasteiger partial charge is 0.242 e. The Morgan fingerprint density at radius 3 is 2.68 bits per heavy atom. The molecule has 0 bridgehead atoms. The van der Waals surface area contributed by atoms with Crippen LogP contribution in [0.2, 0.25) is 0 Å². The zero-order chi connectivity index (χ0) is 14.0. The van der Waals surface area contributed by atoms with Crippen molar-refractivity contribution in [1.82, 2.24) is 4.72 Å². The first-order valence-corrected chi connectivity index (χ1v) is 9.38. The van der Waals surface area contributed by atoms with Gasteiger partial charge in [0.1, 0.15) is 4.90 Å². The molecule has 2 aromatic rings. The van der Waals surface area contributed by atoms with E-state index in [-0.39, 0.29) is 18.0 Å². The molecule has 0 saturated carbocycles. The summed E-state index contributed by atoms with van der Waals surface area (Å²) >= 11 is 6.10. The highest BCUT2D eigenvalue weighted by molar-refractivity contribution is 9.10. The van der Waals surface area contributed by atoms with E-state index in [1.165, 1.54) is 22.7 Å². The monoisotopic (exact) mass is 381 g/mol. The van der Waals surface area contributed by atoms with Gasteiger partial charge in [0.05, 0.1) is 11.5 Å². The second-order valence-corrected chi connectivity index (χ2v) is 8.37. The maximum atomic E-state index is 12.3. The van der Waals surface area contributed by atoms with E-state index in [4.69, 9.17) is 0 Å². The molecular formula is C11H12BrNO3S3. The van der Waals surface area contributed by atoms with Gasteiger partial charge >= 0.3 is 0 Å². The molecule has 0 saturated heterocycles. The van der Waals surface area contributed by atoms with Crippen LogP contribution in [0.5, 0.6) is 0 Å². The van der Waals surface area contributed by atoms with Gasteiger partial charge in [-0.2, -0.15) is 0 Å². The lowest BCUT2D eigenvalue weighted by molar-refractivity contribution is 0.282. The third-order valence-corrected chi connectivity index (χ3v) is 7.29. The number of aryl methyl sites for hydroxylation is 1. The van der Waals surface area contributed by atoms with E-state index in [0.29, 0.717) is 10.4 Å². The molecule has 2 rings (SSSR count). The fourth-order valence-corrected chi connectivity index (χ4v) is 5.82. The number of nitrogens with one attached hydrogen (secondary N) is 1. The summed E-state index contributed by atoms with van der Waals surface area (Å²) in [6, 6.07) is 1.88. The molecule has 2 heterocycles. The Morgan fingerprint density at radius 2 is 2.11 bits per heavy atom. The molecule has 0 atom stereocenters. The molecule has 0 aliphatic rings. The van der Waals surface area contributed by atoms with Gasteiger partial charge in [-0.15, -0.1) is 22.7 Å². The summed E-state index contributed by atoms with van der Waals surface area (Å²) < 4.78 is 28.0. The minimum atomic E-state index is -3.60. The van der Waals surface area contributed by atoms with Gasteiger partial charge in [0.15, 0.2) is 0 Å². The van der Waals surface area contributed by atoms with Crippen molar-refractivity contribution in [2.75, 3.05) is 0 Å². The van der Waals surface area contributed by atoms with Crippen molar-refractivity contribution in [3.63, 3.8) is 0 Å². The molecule has 104 valence electrons. The zero-order valence-corrected chi connectivity index (χ0v) is 14.0. The summed E-state index contributed by atoms with van der Waals surface area (Å²) in [5, 5.41) is 12.8. The molecule has 0 amide bonds. The first-order chi connectivity index (χ1) is 8.95. The average molecular weight is 382 g/mol. The van der Waals surface area contributed by atoms with Crippen LogP contribution in [-0.4, -0.2) is 13.5 Å². The van der Waals surface area contributed by atoms with Gasteiger partial charge in [0.2, 0.25) is 10.0 Å². The molecule has 0 radical (unpaired) electrons. The van der Waals surface area contributed by atoms with Crippen molar-refractivity contribution >= 4 is 48.6 Å². The average Bonchev–Trinajstić information content (AvgIpc) is 2.93. The van der Waals surface area contributed by atoms with Crippen LogP contribution in [0.4, 0.5) is 0 Å². The van der Waals surface area contributed by atoms with Crippen LogP contribution < -0.4 is 4.72 Å². The van der Waals surface area contributed by atoms with Gasteiger partial charge in [0, 0.05) is 15.9 Å². The van der Waals surface area contributed by atoms with Crippen molar-refractivity contribution in [1.29, 1.82) is 0 Å². The van der Waals surface area contributed by atoms with Crippen LogP contribution in [0.15, 0.2) is 26.2 Å². The summed E-state index contributed by atoms with van der Waals surface area (Å²) in [6.07, 6.45) is 0. The molecule has 8 heteroatoms. The number of aliphatic hydroxyl groups is 1. The summed E-state index contributed by atoms with van der Waals surface area (Å²) in [7, 11) is -3.60. The SMILES string of the molecule is Cc1csc(CO)c1S(=O)(=O)NCc1sccc1Br. The second kappa shape index (κ2) is 6.02. The van der Waals surface area contributed by atoms with Crippen LogP contribution in [-0.2, 0) is 23.2 Å². The number of rotatable bonds is 5. The van der Waals surface area contributed by atoms with Crippen LogP contribution >= 0.6 is 38.6 Å². The summed E-state index contributed by atoms with van der Waals surface area (Å²) in [5.74, 6) is 0. The normalized spacial score (nSPS) is 11.9. The van der Waals surface area contributed by atoms with Crippen molar-refractivity contribution in [3.8, 4) is 0 Å². The van der Waals surface area contributed by atoms with E-state index in [9.17, 15) is 13.5 Å². The summed E-state index contributed by atoms with van der Waals surface area (Å²) in [5.41, 5.74) is 0.659. The van der Waals surface area contributed by atoms with E-state index in [0.717, 1.165) is 9.35 Å². The second-order valence-electron chi connectivity index (χ2n) is 3.85. The largest absolute Gasteiger partial charge is 0.391 e. The predicted octanol–water partition coefficient (Wildman–Crippen LogP) is 2.85. The van der Waals surface area contributed by atoms with Crippen LogP contribution in [0.1, 0.15) is 15.3 Å². The number of hydrogen-bond acceptors (Lipinski definition) is 5. The van der Waals surface area contributed by atoms with Crippen molar-refractivity contribution in [3.05, 3.63) is 36.6 Å². The predicted molar refractivity (Wildman–Crippen MR) is 81.0 cm³/mol. The minimum Gasteiger partial charge on any atom is -0.391 e. The highest BCUT2D eigenvalue weighted by Crippen LogP contribution is 2.28. The van der Waals surface area contributed by atoms with Crippen molar-refractivity contribution < 1.29 is 13.5 Å². The molecule has 0 unspecified atom stereocenters. The highest BCUT2D eigenvalue weighted by Gasteiger charge is 2.22. The fraction of sp³-hybridized carbons (Fsp3) is 0.273. The van der Waals surface area contributed by atoms with Gasteiger partial charge in [-0.1, -0.05) is 0 Å². The molecule has 0 aliphatic heterocycles. The lowest BCUT2D eigenvalue weighted by Gasteiger charge is -2.07.